The number of nitrogens with two attached hydrogens (primary N) is 1. The fourth-order valence-electron chi connectivity index (χ4n) is 1.49. The molecule has 1 atom stereocenters. The molecule has 1 aromatic heterocycles. The Balaban J connectivity index is 2.15. The minimum atomic E-state index is 0.243. The summed E-state index contributed by atoms with van der Waals surface area (Å²) in [5.74, 6) is 0. The van der Waals surface area contributed by atoms with E-state index in [1.54, 1.807) is 17.4 Å². The summed E-state index contributed by atoms with van der Waals surface area (Å²) in [6.45, 7) is 2.11. The minimum Gasteiger partial charge on any atom is -0.399 e. The van der Waals surface area contributed by atoms with Crippen LogP contribution < -0.4 is 11.1 Å². The molecule has 0 aliphatic rings. The second-order valence-electron chi connectivity index (χ2n) is 3.66. The number of hydrogen-bond acceptors (Lipinski definition) is 3. The average molecular weight is 253 g/mol. The maximum Gasteiger partial charge on any atom is 0.0658 e. The van der Waals surface area contributed by atoms with Crippen LogP contribution in [-0.4, -0.2) is 0 Å². The third kappa shape index (κ3) is 2.49. The largest absolute Gasteiger partial charge is 0.399 e. The van der Waals surface area contributed by atoms with Gasteiger partial charge in [0.2, 0.25) is 0 Å². The molecule has 0 saturated heterocycles. The highest BCUT2D eigenvalue weighted by atomic mass is 35.5. The number of nitrogen functional groups attached to an aromatic ring is 1. The summed E-state index contributed by atoms with van der Waals surface area (Å²) in [5.41, 5.74) is 8.50. The maximum atomic E-state index is 6.10. The highest BCUT2D eigenvalue weighted by molar-refractivity contribution is 7.07. The summed E-state index contributed by atoms with van der Waals surface area (Å²) < 4.78 is 0. The molecule has 2 aromatic rings. The van der Waals surface area contributed by atoms with Crippen LogP contribution in [0.5, 0.6) is 0 Å². The number of nitrogens with one attached hydrogen (secondary N) is 1. The maximum absolute atomic E-state index is 6.10. The van der Waals surface area contributed by atoms with Crippen molar-refractivity contribution < 1.29 is 0 Å². The molecule has 0 aliphatic heterocycles. The molecule has 0 saturated carbocycles. The summed E-state index contributed by atoms with van der Waals surface area (Å²) in [5, 5.41) is 8.21. The van der Waals surface area contributed by atoms with Gasteiger partial charge in [0.1, 0.15) is 0 Å². The highest BCUT2D eigenvalue weighted by Crippen LogP contribution is 2.28. The number of benzene rings is 1. The lowest BCUT2D eigenvalue weighted by Gasteiger charge is -2.15. The van der Waals surface area contributed by atoms with E-state index in [-0.39, 0.29) is 6.04 Å². The van der Waals surface area contributed by atoms with Crippen molar-refractivity contribution in [1.29, 1.82) is 0 Å². The van der Waals surface area contributed by atoms with Gasteiger partial charge in [-0.15, -0.1) is 0 Å². The topological polar surface area (TPSA) is 38.0 Å². The van der Waals surface area contributed by atoms with Crippen molar-refractivity contribution in [2.45, 2.75) is 13.0 Å². The first kappa shape index (κ1) is 11.3. The summed E-state index contributed by atoms with van der Waals surface area (Å²) in [7, 11) is 0. The van der Waals surface area contributed by atoms with Crippen LogP contribution in [0, 0.1) is 0 Å². The molecular formula is C12H13ClN2S. The van der Waals surface area contributed by atoms with E-state index in [9.17, 15) is 0 Å². The summed E-state index contributed by atoms with van der Waals surface area (Å²) in [6.07, 6.45) is 0. The van der Waals surface area contributed by atoms with Gasteiger partial charge in [-0.3, -0.25) is 0 Å². The van der Waals surface area contributed by atoms with Gasteiger partial charge in [-0.1, -0.05) is 11.6 Å². The molecule has 3 N–H and O–H groups in total. The van der Waals surface area contributed by atoms with E-state index in [0.29, 0.717) is 10.7 Å². The van der Waals surface area contributed by atoms with E-state index in [1.165, 1.54) is 5.56 Å². The lowest BCUT2D eigenvalue weighted by Crippen LogP contribution is -2.05. The Hall–Kier alpha value is -1.19. The average Bonchev–Trinajstić information content (AvgIpc) is 2.75. The SMILES string of the molecule is CC(Nc1ccc(N)cc1Cl)c1ccsc1. The minimum absolute atomic E-state index is 0.243. The van der Waals surface area contributed by atoms with E-state index in [2.05, 4.69) is 29.1 Å². The van der Waals surface area contributed by atoms with Crippen LogP contribution in [0.25, 0.3) is 0 Å². The fraction of sp³-hybridized carbons (Fsp3) is 0.167. The zero-order valence-corrected chi connectivity index (χ0v) is 10.5. The van der Waals surface area contributed by atoms with Crippen molar-refractivity contribution in [2.24, 2.45) is 0 Å². The summed E-state index contributed by atoms with van der Waals surface area (Å²) in [6, 6.07) is 7.85. The molecule has 0 bridgehead atoms. The van der Waals surface area contributed by atoms with Crippen LogP contribution in [0.1, 0.15) is 18.5 Å². The molecule has 4 heteroatoms. The van der Waals surface area contributed by atoms with Crippen LogP contribution in [0.15, 0.2) is 35.0 Å². The predicted molar refractivity (Wildman–Crippen MR) is 72.2 cm³/mol. The van der Waals surface area contributed by atoms with E-state index in [1.807, 2.05) is 12.1 Å². The normalized spacial score (nSPS) is 12.4. The van der Waals surface area contributed by atoms with E-state index in [4.69, 9.17) is 17.3 Å². The monoisotopic (exact) mass is 252 g/mol. The molecule has 1 unspecified atom stereocenters. The molecule has 1 heterocycles. The molecule has 0 aliphatic carbocycles. The molecule has 2 rings (SSSR count). The smallest absolute Gasteiger partial charge is 0.0658 e. The van der Waals surface area contributed by atoms with Crippen LogP contribution in [0.2, 0.25) is 5.02 Å². The van der Waals surface area contributed by atoms with Crippen LogP contribution in [-0.2, 0) is 0 Å². The Bertz CT molecular complexity index is 468. The lowest BCUT2D eigenvalue weighted by atomic mass is 10.1. The Kier molecular flexibility index (Phi) is 3.36. The number of rotatable bonds is 3. The number of thiophene rings is 1. The van der Waals surface area contributed by atoms with Gasteiger partial charge in [0, 0.05) is 11.7 Å². The number of anilines is 2. The zero-order chi connectivity index (χ0) is 11.5. The van der Waals surface area contributed by atoms with E-state index < -0.39 is 0 Å². The number of halogens is 1. The van der Waals surface area contributed by atoms with Gasteiger partial charge in [-0.2, -0.15) is 11.3 Å². The Morgan fingerprint density at radius 3 is 2.81 bits per heavy atom. The van der Waals surface area contributed by atoms with Crippen LogP contribution in [0.4, 0.5) is 11.4 Å². The second-order valence-corrected chi connectivity index (χ2v) is 4.85. The van der Waals surface area contributed by atoms with Gasteiger partial charge in [0.25, 0.3) is 0 Å². The molecule has 0 fully saturated rings. The molecule has 84 valence electrons. The Morgan fingerprint density at radius 1 is 1.38 bits per heavy atom. The second kappa shape index (κ2) is 4.76. The predicted octanol–water partition coefficient (Wildman–Crippen LogP) is 4.16. The summed E-state index contributed by atoms with van der Waals surface area (Å²) >= 11 is 7.79. The molecule has 0 radical (unpaired) electrons. The first-order chi connectivity index (χ1) is 7.66. The van der Waals surface area contributed by atoms with Gasteiger partial charge in [-0.05, 0) is 47.5 Å². The van der Waals surface area contributed by atoms with Crippen molar-refractivity contribution in [3.8, 4) is 0 Å². The first-order valence-electron chi connectivity index (χ1n) is 5.00. The Morgan fingerprint density at radius 2 is 2.19 bits per heavy atom. The van der Waals surface area contributed by atoms with Gasteiger partial charge < -0.3 is 11.1 Å². The molecule has 16 heavy (non-hydrogen) atoms. The van der Waals surface area contributed by atoms with Crippen molar-refractivity contribution in [3.63, 3.8) is 0 Å². The molecule has 2 nitrogen and oxygen atoms in total. The van der Waals surface area contributed by atoms with Crippen molar-refractivity contribution in [3.05, 3.63) is 45.6 Å². The van der Waals surface area contributed by atoms with E-state index in [0.717, 1.165) is 5.69 Å². The van der Waals surface area contributed by atoms with Gasteiger partial charge in [0.05, 0.1) is 10.7 Å². The van der Waals surface area contributed by atoms with Crippen LogP contribution >= 0.6 is 22.9 Å². The third-order valence-corrected chi connectivity index (χ3v) is 3.42. The third-order valence-electron chi connectivity index (χ3n) is 2.41. The molecular weight excluding hydrogens is 240 g/mol. The molecule has 0 spiro atoms. The fourth-order valence-corrected chi connectivity index (χ4v) is 2.48. The Labute approximate surface area is 104 Å². The van der Waals surface area contributed by atoms with E-state index >= 15 is 0 Å². The standard InChI is InChI=1S/C12H13ClN2S/c1-8(9-4-5-16-7-9)15-12-3-2-10(14)6-11(12)13/h2-8,15H,14H2,1H3. The van der Waals surface area contributed by atoms with Gasteiger partial charge in [0.15, 0.2) is 0 Å². The van der Waals surface area contributed by atoms with Crippen molar-refractivity contribution in [2.75, 3.05) is 11.1 Å². The first-order valence-corrected chi connectivity index (χ1v) is 6.32. The number of hydrogen-bond donors (Lipinski definition) is 2. The zero-order valence-electron chi connectivity index (χ0n) is 8.91. The van der Waals surface area contributed by atoms with Crippen molar-refractivity contribution in [1.82, 2.24) is 0 Å². The van der Waals surface area contributed by atoms with Crippen LogP contribution in [0.3, 0.4) is 0 Å². The summed E-state index contributed by atoms with van der Waals surface area (Å²) in [4.78, 5) is 0. The van der Waals surface area contributed by atoms with Crippen molar-refractivity contribution >= 4 is 34.3 Å². The quantitative estimate of drug-likeness (QED) is 0.805. The van der Waals surface area contributed by atoms with Gasteiger partial charge in [-0.25, -0.2) is 0 Å². The highest BCUT2D eigenvalue weighted by Gasteiger charge is 2.07. The lowest BCUT2D eigenvalue weighted by molar-refractivity contribution is 0.891. The molecule has 0 amide bonds. The van der Waals surface area contributed by atoms with Gasteiger partial charge >= 0.3 is 0 Å². The molecule has 1 aromatic carbocycles.